The van der Waals surface area contributed by atoms with Gasteiger partial charge in [0.15, 0.2) is 0 Å². The first-order valence-electron chi connectivity index (χ1n) is 3.73. The zero-order valence-corrected chi connectivity index (χ0v) is 6.75. The average molecular weight is 180 g/mol. The normalized spacial score (nSPS) is 10.5. The highest BCUT2D eigenvalue weighted by Crippen LogP contribution is 2.03. The lowest BCUT2D eigenvalue weighted by molar-refractivity contribution is 0.624. The molecule has 0 aromatic carbocycles. The Morgan fingerprint density at radius 2 is 2.38 bits per heavy atom. The summed E-state index contributed by atoms with van der Waals surface area (Å²) < 4.78 is 1.63. The first kappa shape index (κ1) is 7.80. The smallest absolute Gasteiger partial charge is 0.243 e. The topological polar surface area (TPSA) is 111 Å². The number of aromatic amines is 1. The second kappa shape index (κ2) is 3.27. The molecule has 0 spiro atoms. The van der Waals surface area contributed by atoms with Gasteiger partial charge >= 0.3 is 0 Å². The largest absolute Gasteiger partial charge is 0.329 e. The molecule has 0 aliphatic heterocycles. The predicted octanol–water partition coefficient (Wildman–Crippen LogP) is -1.58. The number of nitrogens with zero attached hydrogens (tertiary/aromatic N) is 6. The fourth-order valence-corrected chi connectivity index (χ4v) is 0.894. The van der Waals surface area contributed by atoms with E-state index in [1.165, 1.54) is 0 Å². The molecule has 68 valence electrons. The fourth-order valence-electron chi connectivity index (χ4n) is 0.894. The Kier molecular flexibility index (Phi) is 1.96. The maximum Gasteiger partial charge on any atom is 0.243 e. The quantitative estimate of drug-likeness (QED) is 0.589. The SMILES string of the molecule is NCCn1cnc(-c2nn[nH]n2)n1. The molecule has 0 unspecified atom stereocenters. The molecule has 0 atom stereocenters. The summed E-state index contributed by atoms with van der Waals surface area (Å²) in [7, 11) is 0. The van der Waals surface area contributed by atoms with Gasteiger partial charge in [-0.2, -0.15) is 5.21 Å². The molecule has 3 N–H and O–H groups in total. The zero-order valence-electron chi connectivity index (χ0n) is 6.75. The molecular formula is C5H8N8. The van der Waals surface area contributed by atoms with Crippen molar-refractivity contribution in [3.05, 3.63) is 6.33 Å². The molecule has 2 heterocycles. The van der Waals surface area contributed by atoms with Crippen molar-refractivity contribution in [2.45, 2.75) is 6.54 Å². The van der Waals surface area contributed by atoms with Crippen molar-refractivity contribution < 1.29 is 0 Å². The van der Waals surface area contributed by atoms with Crippen molar-refractivity contribution >= 4 is 0 Å². The van der Waals surface area contributed by atoms with Crippen molar-refractivity contribution in [3.63, 3.8) is 0 Å². The van der Waals surface area contributed by atoms with Crippen LogP contribution in [0, 0.1) is 0 Å². The van der Waals surface area contributed by atoms with E-state index in [4.69, 9.17) is 5.73 Å². The number of rotatable bonds is 3. The lowest BCUT2D eigenvalue weighted by atomic mass is 10.6. The number of nitrogens with two attached hydrogens (primary N) is 1. The van der Waals surface area contributed by atoms with E-state index >= 15 is 0 Å². The van der Waals surface area contributed by atoms with Crippen LogP contribution in [-0.4, -0.2) is 41.9 Å². The first-order valence-corrected chi connectivity index (χ1v) is 3.73. The third-order valence-electron chi connectivity index (χ3n) is 1.44. The molecular weight excluding hydrogens is 172 g/mol. The summed E-state index contributed by atoms with van der Waals surface area (Å²) in [6.07, 6.45) is 1.58. The summed E-state index contributed by atoms with van der Waals surface area (Å²) in [6.45, 7) is 1.15. The van der Waals surface area contributed by atoms with Crippen molar-refractivity contribution in [1.82, 2.24) is 35.4 Å². The van der Waals surface area contributed by atoms with E-state index in [2.05, 4.69) is 30.7 Å². The molecule has 0 aliphatic rings. The van der Waals surface area contributed by atoms with Crippen LogP contribution in [0.1, 0.15) is 0 Å². The Bertz CT molecular complexity index is 362. The molecule has 0 amide bonds. The van der Waals surface area contributed by atoms with Gasteiger partial charge in [0.05, 0.1) is 6.54 Å². The molecule has 8 heteroatoms. The van der Waals surface area contributed by atoms with Gasteiger partial charge in [0.25, 0.3) is 0 Å². The summed E-state index contributed by atoms with van der Waals surface area (Å²) in [5.41, 5.74) is 5.35. The number of aromatic nitrogens is 7. The Labute approximate surface area is 73.2 Å². The lowest BCUT2D eigenvalue weighted by Gasteiger charge is -1.92. The molecule has 0 fully saturated rings. The molecule has 0 bridgehead atoms. The van der Waals surface area contributed by atoms with Gasteiger partial charge in [-0.05, 0) is 5.21 Å². The number of hydrogen-bond donors (Lipinski definition) is 2. The van der Waals surface area contributed by atoms with Crippen molar-refractivity contribution in [3.8, 4) is 11.6 Å². The average Bonchev–Trinajstić information content (AvgIpc) is 2.70. The third kappa shape index (κ3) is 1.51. The summed E-state index contributed by atoms with van der Waals surface area (Å²) in [4.78, 5) is 3.99. The van der Waals surface area contributed by atoms with Gasteiger partial charge in [-0.3, -0.25) is 4.68 Å². The van der Waals surface area contributed by atoms with Crippen LogP contribution in [0.2, 0.25) is 0 Å². The van der Waals surface area contributed by atoms with E-state index in [-0.39, 0.29) is 0 Å². The Morgan fingerprint density at radius 1 is 1.46 bits per heavy atom. The molecule has 2 rings (SSSR count). The van der Waals surface area contributed by atoms with Crippen LogP contribution in [0.5, 0.6) is 0 Å². The van der Waals surface area contributed by atoms with Crippen LogP contribution in [-0.2, 0) is 6.54 Å². The Hall–Kier alpha value is -1.83. The number of tetrazole rings is 1. The maximum absolute atomic E-state index is 5.35. The van der Waals surface area contributed by atoms with Crippen LogP contribution in [0.15, 0.2) is 6.33 Å². The van der Waals surface area contributed by atoms with Crippen LogP contribution in [0.3, 0.4) is 0 Å². The van der Waals surface area contributed by atoms with Gasteiger partial charge in [-0.25, -0.2) is 4.98 Å². The van der Waals surface area contributed by atoms with Crippen LogP contribution >= 0.6 is 0 Å². The summed E-state index contributed by atoms with van der Waals surface area (Å²) in [5, 5.41) is 17.3. The second-order valence-corrected chi connectivity index (χ2v) is 2.36. The maximum atomic E-state index is 5.35. The van der Waals surface area contributed by atoms with Gasteiger partial charge < -0.3 is 5.73 Å². The molecule has 13 heavy (non-hydrogen) atoms. The van der Waals surface area contributed by atoms with Gasteiger partial charge in [0.1, 0.15) is 6.33 Å². The molecule has 2 aromatic rings. The minimum atomic E-state index is 0.385. The predicted molar refractivity (Wildman–Crippen MR) is 42.2 cm³/mol. The van der Waals surface area contributed by atoms with Crippen LogP contribution in [0.25, 0.3) is 11.6 Å². The van der Waals surface area contributed by atoms with E-state index in [0.29, 0.717) is 24.7 Å². The summed E-state index contributed by atoms with van der Waals surface area (Å²) >= 11 is 0. The monoisotopic (exact) mass is 180 g/mol. The Morgan fingerprint density at radius 3 is 3.08 bits per heavy atom. The highest BCUT2D eigenvalue weighted by Gasteiger charge is 2.07. The number of nitrogens with one attached hydrogen (secondary N) is 1. The van der Waals surface area contributed by atoms with E-state index in [0.717, 1.165) is 0 Å². The summed E-state index contributed by atoms with van der Waals surface area (Å²) in [5.74, 6) is 0.831. The van der Waals surface area contributed by atoms with Gasteiger partial charge in [0.2, 0.25) is 11.6 Å². The molecule has 0 aliphatic carbocycles. The van der Waals surface area contributed by atoms with Crippen molar-refractivity contribution in [2.24, 2.45) is 5.73 Å². The minimum absolute atomic E-state index is 0.385. The van der Waals surface area contributed by atoms with E-state index in [9.17, 15) is 0 Å². The van der Waals surface area contributed by atoms with Crippen molar-refractivity contribution in [2.75, 3.05) is 6.54 Å². The second-order valence-electron chi connectivity index (χ2n) is 2.36. The Balaban J connectivity index is 2.23. The van der Waals surface area contributed by atoms with Gasteiger partial charge in [0, 0.05) is 6.54 Å². The van der Waals surface area contributed by atoms with E-state index in [1.807, 2.05) is 0 Å². The summed E-state index contributed by atoms with van der Waals surface area (Å²) in [6, 6.07) is 0. The van der Waals surface area contributed by atoms with Crippen LogP contribution < -0.4 is 5.73 Å². The standard InChI is InChI=1S/C5H8N8/c6-1-2-13-3-7-4(10-13)5-8-11-12-9-5/h3H,1-2,6H2,(H,8,9,11,12). The molecule has 8 nitrogen and oxygen atoms in total. The highest BCUT2D eigenvalue weighted by atomic mass is 15.5. The van der Waals surface area contributed by atoms with Gasteiger partial charge in [-0.15, -0.1) is 15.3 Å². The zero-order chi connectivity index (χ0) is 9.10. The van der Waals surface area contributed by atoms with E-state index < -0.39 is 0 Å². The first-order chi connectivity index (χ1) is 6.40. The lowest BCUT2D eigenvalue weighted by Crippen LogP contribution is -2.10. The molecule has 0 saturated heterocycles. The minimum Gasteiger partial charge on any atom is -0.329 e. The third-order valence-corrected chi connectivity index (χ3v) is 1.44. The fraction of sp³-hybridized carbons (Fsp3) is 0.400. The van der Waals surface area contributed by atoms with Crippen LogP contribution in [0.4, 0.5) is 0 Å². The molecule has 0 radical (unpaired) electrons. The highest BCUT2D eigenvalue weighted by molar-refractivity contribution is 5.38. The molecule has 0 saturated carbocycles. The number of hydrogen-bond acceptors (Lipinski definition) is 6. The van der Waals surface area contributed by atoms with E-state index in [1.54, 1.807) is 11.0 Å². The van der Waals surface area contributed by atoms with Crippen molar-refractivity contribution in [1.29, 1.82) is 0 Å². The van der Waals surface area contributed by atoms with Gasteiger partial charge in [-0.1, -0.05) is 0 Å². The number of H-pyrrole nitrogens is 1. The molecule has 2 aromatic heterocycles.